The van der Waals surface area contributed by atoms with E-state index in [-0.39, 0.29) is 0 Å². The van der Waals surface area contributed by atoms with E-state index in [1.54, 1.807) is 0 Å². The zero-order chi connectivity index (χ0) is 14.4. The first-order valence-corrected chi connectivity index (χ1v) is 8.32. The minimum Gasteiger partial charge on any atom is -0.313 e. The molecule has 2 unspecified atom stereocenters. The molecule has 1 aliphatic rings. The number of nitrogens with zero attached hydrogens (tertiary/aromatic N) is 1. The molecule has 1 heterocycles. The highest BCUT2D eigenvalue weighted by molar-refractivity contribution is 6.31. The fourth-order valence-corrected chi connectivity index (χ4v) is 3.40. The van der Waals surface area contributed by atoms with Crippen molar-refractivity contribution in [2.75, 3.05) is 19.6 Å². The van der Waals surface area contributed by atoms with Crippen LogP contribution in [0.4, 0.5) is 0 Å². The van der Waals surface area contributed by atoms with Crippen LogP contribution in [0.25, 0.3) is 0 Å². The van der Waals surface area contributed by atoms with Gasteiger partial charge in [-0.15, -0.1) is 0 Å². The van der Waals surface area contributed by atoms with Crippen LogP contribution < -0.4 is 5.32 Å². The summed E-state index contributed by atoms with van der Waals surface area (Å²) in [5.41, 5.74) is 1.25. The Morgan fingerprint density at radius 2 is 2.15 bits per heavy atom. The van der Waals surface area contributed by atoms with Crippen LogP contribution in [0.15, 0.2) is 24.3 Å². The molecular weight excluding hydrogens is 268 g/mol. The molecule has 20 heavy (non-hydrogen) atoms. The Morgan fingerprint density at radius 3 is 2.80 bits per heavy atom. The van der Waals surface area contributed by atoms with E-state index in [2.05, 4.69) is 36.2 Å². The van der Waals surface area contributed by atoms with Crippen molar-refractivity contribution < 1.29 is 0 Å². The lowest BCUT2D eigenvalue weighted by Gasteiger charge is -2.35. The summed E-state index contributed by atoms with van der Waals surface area (Å²) >= 11 is 6.36. The van der Waals surface area contributed by atoms with Gasteiger partial charge in [-0.05, 0) is 50.9 Å². The predicted molar refractivity (Wildman–Crippen MR) is 87.4 cm³/mol. The molecule has 1 fully saturated rings. The topological polar surface area (TPSA) is 15.3 Å². The second kappa shape index (κ2) is 8.02. The van der Waals surface area contributed by atoms with Crippen molar-refractivity contribution in [2.24, 2.45) is 0 Å². The Kier molecular flexibility index (Phi) is 6.34. The monoisotopic (exact) mass is 294 g/mol. The van der Waals surface area contributed by atoms with E-state index in [0.29, 0.717) is 12.1 Å². The molecule has 0 bridgehead atoms. The van der Waals surface area contributed by atoms with Crippen LogP contribution in [0, 0.1) is 0 Å². The van der Waals surface area contributed by atoms with Crippen LogP contribution in [-0.2, 0) is 0 Å². The molecule has 0 radical (unpaired) electrons. The van der Waals surface area contributed by atoms with Gasteiger partial charge in [-0.3, -0.25) is 4.90 Å². The second-order valence-corrected chi connectivity index (χ2v) is 6.25. The molecule has 3 heteroatoms. The third-order valence-corrected chi connectivity index (χ3v) is 4.63. The molecule has 1 aromatic carbocycles. The quantitative estimate of drug-likeness (QED) is 0.843. The summed E-state index contributed by atoms with van der Waals surface area (Å²) in [7, 11) is 0. The van der Waals surface area contributed by atoms with E-state index >= 15 is 0 Å². The van der Waals surface area contributed by atoms with E-state index in [9.17, 15) is 0 Å². The maximum absolute atomic E-state index is 6.36. The van der Waals surface area contributed by atoms with Crippen molar-refractivity contribution in [3.63, 3.8) is 0 Å². The van der Waals surface area contributed by atoms with Gasteiger partial charge in [0.15, 0.2) is 0 Å². The third kappa shape index (κ3) is 4.21. The molecule has 112 valence electrons. The summed E-state index contributed by atoms with van der Waals surface area (Å²) in [6.07, 6.45) is 5.17. The van der Waals surface area contributed by atoms with E-state index in [0.717, 1.165) is 18.1 Å². The van der Waals surface area contributed by atoms with E-state index in [1.807, 2.05) is 12.1 Å². The van der Waals surface area contributed by atoms with E-state index < -0.39 is 0 Å². The Bertz CT molecular complexity index is 402. The average Bonchev–Trinajstić information content (AvgIpc) is 2.48. The van der Waals surface area contributed by atoms with Crippen molar-refractivity contribution in [1.29, 1.82) is 0 Å². The van der Waals surface area contributed by atoms with E-state index in [1.165, 1.54) is 37.8 Å². The lowest BCUT2D eigenvalue weighted by molar-refractivity contribution is 0.176. The zero-order valence-electron chi connectivity index (χ0n) is 12.7. The van der Waals surface area contributed by atoms with Crippen molar-refractivity contribution in [2.45, 2.75) is 51.6 Å². The summed E-state index contributed by atoms with van der Waals surface area (Å²) in [6.45, 7) is 7.95. The van der Waals surface area contributed by atoms with Crippen LogP contribution in [0.1, 0.15) is 51.1 Å². The fourth-order valence-electron chi connectivity index (χ4n) is 3.10. The van der Waals surface area contributed by atoms with Gasteiger partial charge in [0.2, 0.25) is 0 Å². The normalized spacial score (nSPS) is 21.1. The summed E-state index contributed by atoms with van der Waals surface area (Å²) < 4.78 is 0. The standard InChI is InChI=1S/C17H27ClN2/c1-3-12-20(13-15-8-6-7-11-19-15)14(2)16-9-4-5-10-17(16)18/h4-5,9-10,14-15,19H,3,6-8,11-13H2,1-2H3. The van der Waals surface area contributed by atoms with Gasteiger partial charge in [0.1, 0.15) is 0 Å². The van der Waals surface area contributed by atoms with Crippen LogP contribution in [0.5, 0.6) is 0 Å². The summed E-state index contributed by atoms with van der Waals surface area (Å²) in [6, 6.07) is 9.26. The molecule has 1 aliphatic heterocycles. The molecule has 0 spiro atoms. The lowest BCUT2D eigenvalue weighted by atomic mass is 10.0. The lowest BCUT2D eigenvalue weighted by Crippen LogP contribution is -2.44. The number of nitrogens with one attached hydrogen (secondary N) is 1. The number of benzene rings is 1. The van der Waals surface area contributed by atoms with Crippen molar-refractivity contribution >= 4 is 11.6 Å². The van der Waals surface area contributed by atoms with Gasteiger partial charge in [-0.2, -0.15) is 0 Å². The second-order valence-electron chi connectivity index (χ2n) is 5.84. The average molecular weight is 295 g/mol. The van der Waals surface area contributed by atoms with Gasteiger partial charge in [0.05, 0.1) is 0 Å². The van der Waals surface area contributed by atoms with Gasteiger partial charge in [-0.25, -0.2) is 0 Å². The third-order valence-electron chi connectivity index (χ3n) is 4.28. The number of rotatable bonds is 6. The first-order chi connectivity index (χ1) is 9.72. The van der Waals surface area contributed by atoms with Crippen molar-refractivity contribution in [3.8, 4) is 0 Å². The Balaban J connectivity index is 2.04. The Morgan fingerprint density at radius 1 is 1.35 bits per heavy atom. The molecule has 0 amide bonds. The van der Waals surface area contributed by atoms with E-state index in [4.69, 9.17) is 11.6 Å². The van der Waals surface area contributed by atoms with Gasteiger partial charge in [0, 0.05) is 23.7 Å². The van der Waals surface area contributed by atoms with Crippen LogP contribution in [0.3, 0.4) is 0 Å². The molecule has 0 aliphatic carbocycles. The van der Waals surface area contributed by atoms with Crippen LogP contribution in [0.2, 0.25) is 5.02 Å². The Hall–Kier alpha value is -0.570. The minimum atomic E-state index is 0.382. The van der Waals surface area contributed by atoms with Gasteiger partial charge in [0.25, 0.3) is 0 Å². The molecule has 1 N–H and O–H groups in total. The van der Waals surface area contributed by atoms with Crippen molar-refractivity contribution in [3.05, 3.63) is 34.9 Å². The van der Waals surface area contributed by atoms with Crippen molar-refractivity contribution in [1.82, 2.24) is 10.2 Å². The molecule has 1 aromatic rings. The number of halogens is 1. The van der Waals surface area contributed by atoms with Crippen LogP contribution in [-0.4, -0.2) is 30.6 Å². The number of hydrogen-bond acceptors (Lipinski definition) is 2. The molecular formula is C17H27ClN2. The molecule has 2 nitrogen and oxygen atoms in total. The first kappa shape index (κ1) is 15.8. The van der Waals surface area contributed by atoms with Gasteiger partial charge in [-0.1, -0.05) is 43.1 Å². The maximum atomic E-state index is 6.36. The molecule has 1 saturated heterocycles. The number of piperidine rings is 1. The highest BCUT2D eigenvalue weighted by Gasteiger charge is 2.22. The smallest absolute Gasteiger partial charge is 0.0453 e. The molecule has 0 aromatic heterocycles. The molecule has 2 rings (SSSR count). The first-order valence-electron chi connectivity index (χ1n) is 7.94. The maximum Gasteiger partial charge on any atom is 0.0453 e. The SMILES string of the molecule is CCCN(CC1CCCCN1)C(C)c1ccccc1Cl. The largest absolute Gasteiger partial charge is 0.313 e. The zero-order valence-corrected chi connectivity index (χ0v) is 13.5. The number of hydrogen-bond donors (Lipinski definition) is 1. The van der Waals surface area contributed by atoms with Gasteiger partial charge >= 0.3 is 0 Å². The Labute approximate surface area is 128 Å². The summed E-state index contributed by atoms with van der Waals surface area (Å²) in [5.74, 6) is 0. The highest BCUT2D eigenvalue weighted by atomic mass is 35.5. The van der Waals surface area contributed by atoms with Gasteiger partial charge < -0.3 is 5.32 Å². The highest BCUT2D eigenvalue weighted by Crippen LogP contribution is 2.27. The predicted octanol–water partition coefficient (Wildman–Crippen LogP) is 4.26. The fraction of sp³-hybridized carbons (Fsp3) is 0.647. The summed E-state index contributed by atoms with van der Waals surface area (Å²) in [4.78, 5) is 2.57. The minimum absolute atomic E-state index is 0.382. The van der Waals surface area contributed by atoms with Crippen LogP contribution >= 0.6 is 11.6 Å². The summed E-state index contributed by atoms with van der Waals surface area (Å²) in [5, 5.41) is 4.54. The molecule has 0 saturated carbocycles. The molecule has 2 atom stereocenters.